The predicted octanol–water partition coefficient (Wildman–Crippen LogP) is 2.34. The van der Waals surface area contributed by atoms with E-state index in [0.29, 0.717) is 23.0 Å². The van der Waals surface area contributed by atoms with Crippen LogP contribution in [0.25, 0.3) is 11.2 Å². The fourth-order valence-electron chi connectivity index (χ4n) is 5.22. The number of rotatable bonds is 6. The number of hydrogen-bond donors (Lipinski definition) is 1. The van der Waals surface area contributed by atoms with Gasteiger partial charge in [-0.05, 0) is 39.7 Å². The van der Waals surface area contributed by atoms with Gasteiger partial charge in [-0.25, -0.2) is 15.0 Å². The van der Waals surface area contributed by atoms with Crippen LogP contribution in [0.3, 0.4) is 0 Å². The SMILES string of the molecule is CCCC1CC(N(C)CC2OC(n3cnc4c(N)ncnc43)C3OC(C)(C)OC23)C1. The molecule has 1 saturated carbocycles. The highest BCUT2D eigenvalue weighted by molar-refractivity contribution is 5.81. The summed E-state index contributed by atoms with van der Waals surface area (Å²) in [4.78, 5) is 15.2. The second kappa shape index (κ2) is 7.40. The molecule has 2 aromatic rings. The lowest BCUT2D eigenvalue weighted by atomic mass is 9.77. The van der Waals surface area contributed by atoms with Gasteiger partial charge in [0.25, 0.3) is 0 Å². The Kier molecular flexibility index (Phi) is 4.96. The van der Waals surface area contributed by atoms with E-state index in [1.807, 2.05) is 18.4 Å². The highest BCUT2D eigenvalue weighted by Crippen LogP contribution is 2.44. The van der Waals surface area contributed by atoms with Gasteiger partial charge >= 0.3 is 0 Å². The van der Waals surface area contributed by atoms with Gasteiger partial charge in [-0.3, -0.25) is 4.57 Å². The van der Waals surface area contributed by atoms with Crippen molar-refractivity contribution in [2.45, 2.75) is 82.8 Å². The Morgan fingerprint density at radius 1 is 1.20 bits per heavy atom. The zero-order valence-electron chi connectivity index (χ0n) is 18.2. The van der Waals surface area contributed by atoms with E-state index in [1.54, 1.807) is 6.33 Å². The Bertz CT molecular complexity index is 911. The van der Waals surface area contributed by atoms with Crippen molar-refractivity contribution in [2.24, 2.45) is 5.92 Å². The number of nitrogens with zero attached hydrogens (tertiary/aromatic N) is 5. The van der Waals surface area contributed by atoms with E-state index in [4.69, 9.17) is 19.9 Å². The standard InChI is InChI=1S/C21H32N6O3/c1-5-6-12-7-13(8-12)26(4)9-14-16-17(30-21(2,3)29-16)20(28-14)27-11-25-15-18(22)23-10-24-19(15)27/h10-14,16-17,20H,5-9H2,1-4H3,(H2,22,23,24). The summed E-state index contributed by atoms with van der Waals surface area (Å²) in [7, 11) is 2.19. The topological polar surface area (TPSA) is 101 Å². The van der Waals surface area contributed by atoms with Gasteiger partial charge < -0.3 is 24.8 Å². The van der Waals surface area contributed by atoms with Gasteiger partial charge in [-0.15, -0.1) is 0 Å². The van der Waals surface area contributed by atoms with Crippen LogP contribution < -0.4 is 5.73 Å². The molecule has 2 N–H and O–H groups in total. The van der Waals surface area contributed by atoms with Crippen LogP contribution in [0.15, 0.2) is 12.7 Å². The number of imidazole rings is 1. The number of nitrogen functional groups attached to an aromatic ring is 1. The summed E-state index contributed by atoms with van der Waals surface area (Å²) in [5, 5.41) is 0. The Hall–Kier alpha value is -1.81. The fourth-order valence-corrected chi connectivity index (χ4v) is 5.22. The number of aromatic nitrogens is 4. The highest BCUT2D eigenvalue weighted by Gasteiger charge is 2.56. The fraction of sp³-hybridized carbons (Fsp3) is 0.762. The molecule has 30 heavy (non-hydrogen) atoms. The van der Waals surface area contributed by atoms with Crippen LogP contribution in [-0.2, 0) is 14.2 Å². The van der Waals surface area contributed by atoms with Crippen molar-refractivity contribution in [3.8, 4) is 0 Å². The maximum absolute atomic E-state index is 6.51. The molecule has 9 heteroatoms. The van der Waals surface area contributed by atoms with E-state index in [9.17, 15) is 0 Å². The lowest BCUT2D eigenvalue weighted by Crippen LogP contribution is -2.47. The van der Waals surface area contributed by atoms with Crippen molar-refractivity contribution in [1.82, 2.24) is 24.4 Å². The first-order valence-electron chi connectivity index (χ1n) is 11.0. The summed E-state index contributed by atoms with van der Waals surface area (Å²) in [6.45, 7) is 6.98. The van der Waals surface area contributed by atoms with Crippen LogP contribution >= 0.6 is 0 Å². The molecule has 4 unspecified atom stereocenters. The monoisotopic (exact) mass is 416 g/mol. The second-order valence-corrected chi connectivity index (χ2v) is 9.43. The molecular formula is C21H32N6O3. The van der Waals surface area contributed by atoms with Gasteiger partial charge in [0.2, 0.25) is 0 Å². The van der Waals surface area contributed by atoms with Crippen LogP contribution in [-0.4, -0.2) is 68.2 Å². The van der Waals surface area contributed by atoms with E-state index in [2.05, 4.69) is 33.8 Å². The smallest absolute Gasteiger partial charge is 0.167 e. The number of likely N-dealkylation sites (N-methyl/N-ethyl adjacent to an activating group) is 1. The number of nitrogens with two attached hydrogens (primary N) is 1. The van der Waals surface area contributed by atoms with Gasteiger partial charge in [0.05, 0.1) is 6.33 Å². The first-order chi connectivity index (χ1) is 14.4. The van der Waals surface area contributed by atoms with Crippen molar-refractivity contribution in [2.75, 3.05) is 19.3 Å². The number of fused-ring (bicyclic) bond motifs is 2. The Labute approximate surface area is 176 Å². The Morgan fingerprint density at radius 2 is 1.97 bits per heavy atom. The van der Waals surface area contributed by atoms with E-state index < -0.39 is 5.79 Å². The van der Waals surface area contributed by atoms with E-state index >= 15 is 0 Å². The Morgan fingerprint density at radius 3 is 2.73 bits per heavy atom. The molecule has 0 radical (unpaired) electrons. The van der Waals surface area contributed by atoms with Crippen LogP contribution in [0.4, 0.5) is 5.82 Å². The van der Waals surface area contributed by atoms with Crippen LogP contribution in [0.2, 0.25) is 0 Å². The molecule has 0 spiro atoms. The highest BCUT2D eigenvalue weighted by atomic mass is 16.8. The third-order valence-corrected chi connectivity index (χ3v) is 6.79. The molecule has 4 atom stereocenters. The molecule has 3 aliphatic rings. The van der Waals surface area contributed by atoms with Crippen molar-refractivity contribution in [1.29, 1.82) is 0 Å². The maximum atomic E-state index is 6.51. The number of hydrogen-bond acceptors (Lipinski definition) is 8. The maximum Gasteiger partial charge on any atom is 0.167 e. The minimum atomic E-state index is -0.652. The van der Waals surface area contributed by atoms with Gasteiger partial charge in [0.15, 0.2) is 23.5 Å². The molecule has 0 aromatic carbocycles. The third-order valence-electron chi connectivity index (χ3n) is 6.79. The average Bonchev–Trinajstić information content (AvgIpc) is 3.30. The van der Waals surface area contributed by atoms with Crippen LogP contribution in [0.1, 0.15) is 52.7 Å². The molecule has 164 valence electrons. The zero-order chi connectivity index (χ0) is 21.0. The summed E-state index contributed by atoms with van der Waals surface area (Å²) in [6, 6.07) is 0.625. The summed E-state index contributed by atoms with van der Waals surface area (Å²) >= 11 is 0. The van der Waals surface area contributed by atoms with Crippen LogP contribution in [0.5, 0.6) is 0 Å². The van der Waals surface area contributed by atoms with Gasteiger partial charge in [0, 0.05) is 12.6 Å². The molecule has 0 bridgehead atoms. The summed E-state index contributed by atoms with van der Waals surface area (Å²) in [5.41, 5.74) is 7.19. The molecule has 2 saturated heterocycles. The van der Waals surface area contributed by atoms with Gasteiger partial charge in [-0.1, -0.05) is 19.8 Å². The van der Waals surface area contributed by atoms with E-state index in [0.717, 1.165) is 12.5 Å². The minimum Gasteiger partial charge on any atom is -0.382 e. The first-order valence-corrected chi connectivity index (χ1v) is 11.0. The second-order valence-electron chi connectivity index (χ2n) is 9.43. The molecule has 1 aliphatic carbocycles. The zero-order valence-corrected chi connectivity index (χ0v) is 18.2. The molecule has 0 amide bonds. The molecule has 9 nitrogen and oxygen atoms in total. The normalized spacial score (nSPS) is 35.1. The van der Waals surface area contributed by atoms with Crippen molar-refractivity contribution in [3.05, 3.63) is 12.7 Å². The minimum absolute atomic E-state index is 0.0892. The number of ether oxygens (including phenoxy) is 3. The molecule has 3 fully saturated rings. The lowest BCUT2D eigenvalue weighted by molar-refractivity contribution is -0.198. The Balaban J connectivity index is 1.36. The average molecular weight is 417 g/mol. The van der Waals surface area contributed by atoms with Crippen molar-refractivity contribution >= 4 is 17.0 Å². The lowest BCUT2D eigenvalue weighted by Gasteiger charge is -2.42. The summed E-state index contributed by atoms with van der Waals surface area (Å²) < 4.78 is 20.9. The van der Waals surface area contributed by atoms with E-state index in [1.165, 1.54) is 32.0 Å². The summed E-state index contributed by atoms with van der Waals surface area (Å²) in [6.07, 6.45) is 7.48. The van der Waals surface area contributed by atoms with Gasteiger partial charge in [0.1, 0.15) is 30.2 Å². The molecule has 2 aliphatic heterocycles. The first kappa shape index (κ1) is 20.1. The third kappa shape index (κ3) is 3.37. The van der Waals surface area contributed by atoms with Crippen molar-refractivity contribution in [3.63, 3.8) is 0 Å². The van der Waals surface area contributed by atoms with Crippen LogP contribution in [0, 0.1) is 5.92 Å². The predicted molar refractivity (Wildman–Crippen MR) is 112 cm³/mol. The number of anilines is 1. The quantitative estimate of drug-likeness (QED) is 0.766. The molecule has 4 heterocycles. The van der Waals surface area contributed by atoms with E-state index in [-0.39, 0.29) is 24.5 Å². The largest absolute Gasteiger partial charge is 0.382 e. The summed E-state index contributed by atoms with van der Waals surface area (Å²) in [5.74, 6) is 0.585. The molecular weight excluding hydrogens is 384 g/mol. The van der Waals surface area contributed by atoms with Gasteiger partial charge in [-0.2, -0.15) is 0 Å². The molecule has 2 aromatic heterocycles. The van der Waals surface area contributed by atoms with Crippen molar-refractivity contribution < 1.29 is 14.2 Å². The molecule has 5 rings (SSSR count).